The Morgan fingerprint density at radius 2 is 2.14 bits per heavy atom. The quantitative estimate of drug-likeness (QED) is 0.842. The SMILES string of the molecule is CCCC(=O)/C(=C\c1ncc(C)[nH]1)c1cc(F)ccc1C. The number of allylic oxidation sites excluding steroid dienone is 1. The third-order valence-corrected chi connectivity index (χ3v) is 3.27. The lowest BCUT2D eigenvalue weighted by Gasteiger charge is -2.10. The van der Waals surface area contributed by atoms with E-state index in [4.69, 9.17) is 0 Å². The molecular formula is C17H19FN2O. The van der Waals surface area contributed by atoms with E-state index in [1.807, 2.05) is 20.8 Å². The van der Waals surface area contributed by atoms with Crippen molar-refractivity contribution in [3.63, 3.8) is 0 Å². The maximum absolute atomic E-state index is 13.5. The molecule has 1 aromatic heterocycles. The fourth-order valence-electron chi connectivity index (χ4n) is 2.20. The fraction of sp³-hybridized carbons (Fsp3) is 0.294. The number of halogens is 1. The summed E-state index contributed by atoms with van der Waals surface area (Å²) in [5.74, 6) is 0.261. The zero-order valence-electron chi connectivity index (χ0n) is 12.5. The lowest BCUT2D eigenvalue weighted by atomic mass is 9.94. The highest BCUT2D eigenvalue weighted by molar-refractivity contribution is 6.25. The predicted molar refractivity (Wildman–Crippen MR) is 82.2 cm³/mol. The van der Waals surface area contributed by atoms with E-state index in [-0.39, 0.29) is 11.6 Å². The van der Waals surface area contributed by atoms with Crippen LogP contribution in [0.4, 0.5) is 4.39 Å². The van der Waals surface area contributed by atoms with Crippen molar-refractivity contribution in [1.82, 2.24) is 9.97 Å². The Hall–Kier alpha value is -2.23. The average Bonchev–Trinajstić information content (AvgIpc) is 2.85. The molecule has 0 aliphatic rings. The largest absolute Gasteiger partial charge is 0.343 e. The molecule has 2 rings (SSSR count). The van der Waals surface area contributed by atoms with Crippen molar-refractivity contribution in [2.24, 2.45) is 0 Å². The third-order valence-electron chi connectivity index (χ3n) is 3.27. The molecule has 0 bridgehead atoms. The highest BCUT2D eigenvalue weighted by atomic mass is 19.1. The maximum atomic E-state index is 13.5. The Kier molecular flexibility index (Phi) is 4.68. The number of ketones is 1. The summed E-state index contributed by atoms with van der Waals surface area (Å²) in [7, 11) is 0. The van der Waals surface area contributed by atoms with Crippen LogP contribution in [0.15, 0.2) is 24.4 Å². The number of nitrogens with one attached hydrogen (secondary N) is 1. The monoisotopic (exact) mass is 286 g/mol. The molecule has 0 aliphatic carbocycles. The summed E-state index contributed by atoms with van der Waals surface area (Å²) >= 11 is 0. The second kappa shape index (κ2) is 6.48. The van der Waals surface area contributed by atoms with Crippen LogP contribution in [0.25, 0.3) is 11.6 Å². The normalized spacial score (nSPS) is 11.7. The van der Waals surface area contributed by atoms with Crippen LogP contribution in [0.5, 0.6) is 0 Å². The van der Waals surface area contributed by atoms with Gasteiger partial charge in [0.15, 0.2) is 5.78 Å². The molecular weight excluding hydrogens is 267 g/mol. The van der Waals surface area contributed by atoms with Gasteiger partial charge in [0.25, 0.3) is 0 Å². The molecule has 0 saturated heterocycles. The number of imidazole rings is 1. The smallest absolute Gasteiger partial charge is 0.163 e. The van der Waals surface area contributed by atoms with Crippen molar-refractivity contribution in [2.45, 2.75) is 33.6 Å². The summed E-state index contributed by atoms with van der Waals surface area (Å²) in [6.07, 6.45) is 4.59. The van der Waals surface area contributed by atoms with Gasteiger partial charge in [-0.2, -0.15) is 0 Å². The number of H-pyrrole nitrogens is 1. The van der Waals surface area contributed by atoms with Gasteiger partial charge in [0, 0.05) is 23.9 Å². The first-order valence-electron chi connectivity index (χ1n) is 7.04. The molecule has 0 saturated carbocycles. The Morgan fingerprint density at radius 3 is 2.76 bits per heavy atom. The molecule has 0 fully saturated rings. The van der Waals surface area contributed by atoms with Gasteiger partial charge in [-0.25, -0.2) is 9.37 Å². The van der Waals surface area contributed by atoms with E-state index in [0.717, 1.165) is 17.7 Å². The number of rotatable bonds is 5. The van der Waals surface area contributed by atoms with E-state index in [0.29, 0.717) is 23.4 Å². The number of carbonyl (C=O) groups excluding carboxylic acids is 1. The van der Waals surface area contributed by atoms with Crippen molar-refractivity contribution in [1.29, 1.82) is 0 Å². The summed E-state index contributed by atoms with van der Waals surface area (Å²) in [4.78, 5) is 19.7. The minimum atomic E-state index is -0.346. The minimum Gasteiger partial charge on any atom is -0.343 e. The third kappa shape index (κ3) is 3.66. The van der Waals surface area contributed by atoms with Crippen LogP contribution >= 0.6 is 0 Å². The van der Waals surface area contributed by atoms with Crippen LogP contribution in [-0.4, -0.2) is 15.8 Å². The zero-order valence-corrected chi connectivity index (χ0v) is 12.5. The second-order valence-corrected chi connectivity index (χ2v) is 5.14. The number of Topliss-reactive ketones (excluding diaryl/α,β-unsaturated/α-hetero) is 1. The molecule has 4 heteroatoms. The van der Waals surface area contributed by atoms with E-state index < -0.39 is 0 Å². The molecule has 0 aliphatic heterocycles. The highest BCUT2D eigenvalue weighted by Crippen LogP contribution is 2.24. The van der Waals surface area contributed by atoms with Crippen LogP contribution in [0, 0.1) is 19.7 Å². The summed E-state index contributed by atoms with van der Waals surface area (Å²) < 4.78 is 13.5. The van der Waals surface area contributed by atoms with Gasteiger partial charge in [-0.3, -0.25) is 4.79 Å². The standard InChI is InChI=1S/C17H19FN2O/c1-4-5-16(21)15(9-17-19-10-12(3)20-17)14-8-13(18)7-6-11(14)2/h6-10H,4-5H2,1-3H3,(H,19,20)/b15-9-. The van der Waals surface area contributed by atoms with Crippen molar-refractivity contribution < 1.29 is 9.18 Å². The van der Waals surface area contributed by atoms with E-state index in [2.05, 4.69) is 9.97 Å². The number of aromatic amines is 1. The van der Waals surface area contributed by atoms with E-state index in [9.17, 15) is 9.18 Å². The van der Waals surface area contributed by atoms with E-state index in [1.165, 1.54) is 12.1 Å². The van der Waals surface area contributed by atoms with Gasteiger partial charge in [-0.1, -0.05) is 13.0 Å². The fourth-order valence-corrected chi connectivity index (χ4v) is 2.20. The molecule has 3 nitrogen and oxygen atoms in total. The summed E-state index contributed by atoms with van der Waals surface area (Å²) in [6.45, 7) is 5.71. The van der Waals surface area contributed by atoms with E-state index >= 15 is 0 Å². The summed E-state index contributed by atoms with van der Waals surface area (Å²) in [5.41, 5.74) is 2.92. The first kappa shape index (κ1) is 15.2. The lowest BCUT2D eigenvalue weighted by molar-refractivity contribution is -0.113. The van der Waals surface area contributed by atoms with Gasteiger partial charge in [0.1, 0.15) is 11.6 Å². The molecule has 1 aromatic carbocycles. The molecule has 21 heavy (non-hydrogen) atoms. The van der Waals surface area contributed by atoms with Crippen LogP contribution in [0.2, 0.25) is 0 Å². The van der Waals surface area contributed by atoms with Crippen LogP contribution in [-0.2, 0) is 4.79 Å². The van der Waals surface area contributed by atoms with Crippen molar-refractivity contribution in [2.75, 3.05) is 0 Å². The Balaban J connectivity index is 2.53. The van der Waals surface area contributed by atoms with E-state index in [1.54, 1.807) is 18.3 Å². The number of benzene rings is 1. The predicted octanol–water partition coefficient (Wildman–Crippen LogP) is 4.08. The first-order valence-corrected chi connectivity index (χ1v) is 7.04. The Labute approximate surface area is 123 Å². The van der Waals surface area contributed by atoms with Gasteiger partial charge in [0.05, 0.1) is 0 Å². The minimum absolute atomic E-state index is 0.000234. The number of aryl methyl sites for hydroxylation is 2. The molecule has 0 spiro atoms. The van der Waals surface area contributed by atoms with Gasteiger partial charge in [-0.05, 0) is 49.6 Å². The van der Waals surface area contributed by atoms with Gasteiger partial charge < -0.3 is 4.98 Å². The van der Waals surface area contributed by atoms with Crippen LogP contribution < -0.4 is 0 Å². The molecule has 2 aromatic rings. The molecule has 1 N–H and O–H groups in total. The summed E-state index contributed by atoms with van der Waals surface area (Å²) in [6, 6.07) is 4.49. The Morgan fingerprint density at radius 1 is 1.38 bits per heavy atom. The van der Waals surface area contributed by atoms with Gasteiger partial charge in [-0.15, -0.1) is 0 Å². The van der Waals surface area contributed by atoms with Crippen molar-refractivity contribution in [3.8, 4) is 0 Å². The highest BCUT2D eigenvalue weighted by Gasteiger charge is 2.15. The first-order chi connectivity index (χ1) is 10.0. The lowest BCUT2D eigenvalue weighted by Crippen LogP contribution is -2.04. The van der Waals surface area contributed by atoms with Crippen LogP contribution in [0.1, 0.15) is 42.4 Å². The van der Waals surface area contributed by atoms with Gasteiger partial charge in [0.2, 0.25) is 0 Å². The number of nitrogens with zero attached hydrogens (tertiary/aromatic N) is 1. The second-order valence-electron chi connectivity index (χ2n) is 5.14. The molecule has 0 unspecified atom stereocenters. The average molecular weight is 286 g/mol. The molecule has 0 atom stereocenters. The molecule has 110 valence electrons. The molecule has 0 amide bonds. The number of hydrogen-bond acceptors (Lipinski definition) is 2. The zero-order chi connectivity index (χ0) is 15.4. The van der Waals surface area contributed by atoms with Crippen molar-refractivity contribution >= 4 is 17.4 Å². The molecule has 0 radical (unpaired) electrons. The number of aromatic nitrogens is 2. The number of carbonyl (C=O) groups is 1. The van der Waals surface area contributed by atoms with Crippen molar-refractivity contribution in [3.05, 3.63) is 52.9 Å². The topological polar surface area (TPSA) is 45.8 Å². The molecule has 1 heterocycles. The summed E-state index contributed by atoms with van der Waals surface area (Å²) in [5, 5.41) is 0. The van der Waals surface area contributed by atoms with Crippen LogP contribution in [0.3, 0.4) is 0 Å². The maximum Gasteiger partial charge on any atom is 0.163 e. The van der Waals surface area contributed by atoms with Gasteiger partial charge >= 0.3 is 0 Å². The Bertz CT molecular complexity index is 686. The number of hydrogen-bond donors (Lipinski definition) is 1.